The molecule has 0 aliphatic carbocycles. The predicted octanol–water partition coefficient (Wildman–Crippen LogP) is 13.3. The first-order chi connectivity index (χ1) is 36.8. The third-order valence-electron chi connectivity index (χ3n) is 13.8. The van der Waals surface area contributed by atoms with Gasteiger partial charge < -0.3 is 62.3 Å². The average molecular weight is 1070 g/mol. The third-order valence-corrected chi connectivity index (χ3v) is 13.8. The van der Waals surface area contributed by atoms with Crippen molar-refractivity contribution in [2.45, 2.75) is 226 Å². The smallest absolute Gasteiger partial charge is 0.0701 e. The summed E-state index contributed by atoms with van der Waals surface area (Å²) in [5.41, 5.74) is 0. The van der Waals surface area contributed by atoms with Crippen molar-refractivity contribution in [2.24, 2.45) is 11.8 Å². The van der Waals surface area contributed by atoms with E-state index >= 15 is 0 Å². The molecule has 74 heavy (non-hydrogen) atoms. The maximum absolute atomic E-state index is 8.68. The first-order valence-electron chi connectivity index (χ1n) is 31.4. The van der Waals surface area contributed by atoms with Gasteiger partial charge >= 0.3 is 0 Å². The van der Waals surface area contributed by atoms with Gasteiger partial charge in [0.05, 0.1) is 145 Å². The monoisotopic (exact) mass is 1060 g/mol. The average Bonchev–Trinajstić information content (AvgIpc) is 3.41. The van der Waals surface area contributed by atoms with Crippen LogP contribution in [0, 0.1) is 11.8 Å². The number of rotatable bonds is 69. The van der Waals surface area contributed by atoms with Gasteiger partial charge in [0.15, 0.2) is 0 Å². The van der Waals surface area contributed by atoms with E-state index in [1.165, 1.54) is 199 Å². The highest BCUT2D eigenvalue weighted by Gasteiger charge is 2.21. The summed E-state index contributed by atoms with van der Waals surface area (Å²) in [7, 11) is 0. The van der Waals surface area contributed by atoms with Gasteiger partial charge in [0.25, 0.3) is 0 Å². The predicted molar refractivity (Wildman–Crippen MR) is 304 cm³/mol. The molecule has 0 saturated heterocycles. The Hall–Kier alpha value is -0.520. The first kappa shape index (κ1) is 73.5. The number of hydrogen-bond acceptors (Lipinski definition) is 13. The van der Waals surface area contributed by atoms with Gasteiger partial charge in [-0.2, -0.15) is 0 Å². The molecule has 0 aliphatic heterocycles. The number of ether oxygens (including phenoxy) is 11. The van der Waals surface area contributed by atoms with Crippen molar-refractivity contribution < 1.29 is 62.3 Å². The first-order valence-corrected chi connectivity index (χ1v) is 31.4. The maximum Gasteiger partial charge on any atom is 0.0701 e. The van der Waals surface area contributed by atoms with Crippen LogP contribution in [0.15, 0.2) is 0 Å². The highest BCUT2D eigenvalue weighted by atomic mass is 16.6. The number of aliphatic hydroxyl groups excluding tert-OH is 2. The van der Waals surface area contributed by atoms with Crippen LogP contribution in [-0.2, 0) is 52.1 Å². The van der Waals surface area contributed by atoms with Crippen LogP contribution in [0.4, 0.5) is 0 Å². The molecule has 446 valence electrons. The molecule has 1 atom stereocenters. The Balaban J connectivity index is 4.32. The molecule has 0 saturated carbocycles. The Kier molecular flexibility index (Phi) is 68.1. The van der Waals surface area contributed by atoms with Gasteiger partial charge in [0.1, 0.15) is 0 Å². The van der Waals surface area contributed by atoms with Crippen LogP contribution < -0.4 is 0 Å². The SMILES string of the molecule is CCCCCCCCCC(CCCCCCCCC)C(CCCCCCCCCCCOCCOCCOCCOCCOCCO)CCCCCCCCOCCOCCOCCOCCOCCOCCO. The number of hydrogen-bond donors (Lipinski definition) is 2. The molecule has 0 amide bonds. The van der Waals surface area contributed by atoms with Crippen molar-refractivity contribution in [3.63, 3.8) is 0 Å². The van der Waals surface area contributed by atoms with Crippen molar-refractivity contribution in [3.05, 3.63) is 0 Å². The van der Waals surface area contributed by atoms with Crippen molar-refractivity contribution >= 4 is 0 Å². The fourth-order valence-electron chi connectivity index (χ4n) is 9.44. The molecule has 0 spiro atoms. The number of aliphatic hydroxyl groups is 2. The van der Waals surface area contributed by atoms with E-state index in [0.29, 0.717) is 132 Å². The molecular weight excluding hydrogens is 941 g/mol. The molecule has 0 bridgehead atoms. The van der Waals surface area contributed by atoms with Crippen LogP contribution in [0.5, 0.6) is 0 Å². The zero-order chi connectivity index (χ0) is 53.2. The highest BCUT2D eigenvalue weighted by molar-refractivity contribution is 4.73. The highest BCUT2D eigenvalue weighted by Crippen LogP contribution is 2.34. The molecule has 0 heterocycles. The summed E-state index contributed by atoms with van der Waals surface area (Å²) in [6, 6.07) is 0. The van der Waals surface area contributed by atoms with E-state index < -0.39 is 0 Å². The van der Waals surface area contributed by atoms with Crippen LogP contribution in [0.2, 0.25) is 0 Å². The third kappa shape index (κ3) is 62.3. The van der Waals surface area contributed by atoms with Crippen molar-refractivity contribution in [1.82, 2.24) is 0 Å². The molecule has 0 aliphatic rings. The normalized spacial score (nSPS) is 12.3. The zero-order valence-electron chi connectivity index (χ0n) is 48.8. The fraction of sp³-hybridized carbons (Fsp3) is 1.00. The number of unbranched alkanes of at least 4 members (excludes halogenated alkanes) is 25. The molecule has 0 fully saturated rings. The lowest BCUT2D eigenvalue weighted by molar-refractivity contribution is -0.0182. The van der Waals surface area contributed by atoms with Crippen molar-refractivity contribution in [1.29, 1.82) is 0 Å². The second-order valence-electron chi connectivity index (χ2n) is 20.4. The van der Waals surface area contributed by atoms with Gasteiger partial charge in [-0.25, -0.2) is 0 Å². The van der Waals surface area contributed by atoms with Crippen LogP contribution in [0.3, 0.4) is 0 Å². The summed E-state index contributed by atoms with van der Waals surface area (Å²) in [5, 5.41) is 17.4. The molecular formula is C61H124O13. The lowest BCUT2D eigenvalue weighted by Crippen LogP contribution is -2.16. The summed E-state index contributed by atoms with van der Waals surface area (Å²) in [6.45, 7) is 17.1. The molecule has 13 nitrogen and oxygen atoms in total. The summed E-state index contributed by atoms with van der Waals surface area (Å²) < 4.78 is 60.7. The molecule has 2 N–H and O–H groups in total. The minimum absolute atomic E-state index is 0.0367. The van der Waals surface area contributed by atoms with E-state index in [1.54, 1.807) is 0 Å². The maximum atomic E-state index is 8.68. The Morgan fingerprint density at radius 2 is 0.351 bits per heavy atom. The lowest BCUT2D eigenvalue weighted by Gasteiger charge is -2.28. The van der Waals surface area contributed by atoms with Gasteiger partial charge in [0.2, 0.25) is 0 Å². The Morgan fingerprint density at radius 1 is 0.189 bits per heavy atom. The lowest BCUT2D eigenvalue weighted by atomic mass is 9.78. The molecule has 0 aromatic heterocycles. The summed E-state index contributed by atoms with van der Waals surface area (Å²) in [5.74, 6) is 1.86. The quantitative estimate of drug-likeness (QED) is 0.0559. The van der Waals surface area contributed by atoms with E-state index in [0.717, 1.165) is 37.9 Å². The molecule has 0 aromatic rings. The van der Waals surface area contributed by atoms with E-state index in [1.807, 2.05) is 0 Å². The fourth-order valence-corrected chi connectivity index (χ4v) is 9.44. The zero-order valence-corrected chi connectivity index (χ0v) is 48.8. The van der Waals surface area contributed by atoms with Crippen LogP contribution in [0.1, 0.15) is 226 Å². The minimum Gasteiger partial charge on any atom is -0.394 e. The van der Waals surface area contributed by atoms with Crippen LogP contribution in [-0.4, -0.2) is 169 Å². The second kappa shape index (κ2) is 68.6. The van der Waals surface area contributed by atoms with Gasteiger partial charge in [-0.1, -0.05) is 213 Å². The molecule has 0 aromatic carbocycles. The topological polar surface area (TPSA) is 142 Å². The van der Waals surface area contributed by atoms with Crippen molar-refractivity contribution in [3.8, 4) is 0 Å². The molecule has 0 rings (SSSR count). The second-order valence-corrected chi connectivity index (χ2v) is 20.4. The standard InChI is InChI=1S/C61H124O13/c1-3-5-7-9-14-20-26-32-60(33-27-21-15-10-8-6-4-2)61(34-28-22-16-12-11-13-18-24-30-38-64-42-46-68-50-54-72-56-52-70-48-44-66-40-36-62)35-29-23-17-19-25-31-39-65-43-47-69-51-55-73-58-59-74-57-53-71-49-45-67-41-37-63/h60-63H,3-59H2,1-2H3. The molecule has 1 unspecified atom stereocenters. The van der Waals surface area contributed by atoms with Crippen molar-refractivity contribution in [2.75, 3.05) is 159 Å². The minimum atomic E-state index is 0.0367. The van der Waals surface area contributed by atoms with E-state index in [-0.39, 0.29) is 13.2 Å². The molecule has 13 heteroatoms. The van der Waals surface area contributed by atoms with E-state index in [9.17, 15) is 0 Å². The Labute approximate surface area is 456 Å². The van der Waals surface area contributed by atoms with Gasteiger partial charge in [-0.05, 0) is 24.7 Å². The summed E-state index contributed by atoms with van der Waals surface area (Å²) >= 11 is 0. The van der Waals surface area contributed by atoms with Gasteiger partial charge in [0, 0.05) is 13.2 Å². The Bertz CT molecular complexity index is 897. The largest absolute Gasteiger partial charge is 0.394 e. The van der Waals surface area contributed by atoms with E-state index in [4.69, 9.17) is 62.3 Å². The van der Waals surface area contributed by atoms with Gasteiger partial charge in [-0.15, -0.1) is 0 Å². The Morgan fingerprint density at radius 3 is 0.554 bits per heavy atom. The van der Waals surface area contributed by atoms with E-state index in [2.05, 4.69) is 13.8 Å². The van der Waals surface area contributed by atoms with Gasteiger partial charge in [-0.3, -0.25) is 0 Å². The summed E-state index contributed by atoms with van der Waals surface area (Å²) in [4.78, 5) is 0. The molecule has 0 radical (unpaired) electrons. The summed E-state index contributed by atoms with van der Waals surface area (Å²) in [6.07, 6.45) is 45.7. The van der Waals surface area contributed by atoms with Crippen LogP contribution >= 0.6 is 0 Å². The van der Waals surface area contributed by atoms with Crippen LogP contribution in [0.25, 0.3) is 0 Å².